The van der Waals surface area contributed by atoms with Crippen LogP contribution in [0, 0.1) is 5.92 Å². The number of amides is 3. The minimum absolute atomic E-state index is 0.136. The molecular weight excluding hydrogens is 424 g/mol. The van der Waals surface area contributed by atoms with Crippen molar-refractivity contribution in [3.8, 4) is 0 Å². The molecule has 3 heterocycles. The van der Waals surface area contributed by atoms with Gasteiger partial charge in [-0.05, 0) is 57.9 Å². The van der Waals surface area contributed by atoms with Crippen LogP contribution < -0.4 is 22.3 Å². The van der Waals surface area contributed by atoms with Gasteiger partial charge in [-0.1, -0.05) is 13.3 Å². The minimum atomic E-state index is -0.874. The van der Waals surface area contributed by atoms with E-state index in [1.54, 1.807) is 29.4 Å². The summed E-state index contributed by atoms with van der Waals surface area (Å²) in [7, 11) is 0. The highest BCUT2D eigenvalue weighted by Gasteiger charge is 2.46. The summed E-state index contributed by atoms with van der Waals surface area (Å²) in [5, 5.41) is 2.68. The Morgan fingerprint density at radius 3 is 2.45 bits per heavy atom. The molecule has 2 aromatic rings. The number of carbonyl (C=O) groups is 2. The molecule has 1 aliphatic carbocycles. The zero-order valence-corrected chi connectivity index (χ0v) is 19.5. The molecule has 4 rings (SSSR count). The number of aromatic nitrogens is 3. The second-order valence-electron chi connectivity index (χ2n) is 9.66. The van der Waals surface area contributed by atoms with Crippen molar-refractivity contribution < 1.29 is 9.59 Å². The van der Waals surface area contributed by atoms with Crippen molar-refractivity contribution in [1.82, 2.24) is 24.3 Å². The van der Waals surface area contributed by atoms with Crippen LogP contribution in [-0.4, -0.2) is 43.0 Å². The average molecular weight is 457 g/mol. The van der Waals surface area contributed by atoms with Crippen LogP contribution in [0.4, 0.5) is 10.6 Å². The number of hydrogen-bond acceptors (Lipinski definition) is 6. The summed E-state index contributed by atoms with van der Waals surface area (Å²) < 4.78 is 3.01. The normalized spacial score (nSPS) is 22.7. The number of urea groups is 1. The van der Waals surface area contributed by atoms with E-state index in [2.05, 4.69) is 17.2 Å². The summed E-state index contributed by atoms with van der Waals surface area (Å²) in [6.45, 7) is 6.52. The third-order valence-electron chi connectivity index (χ3n) is 7.17. The zero-order chi connectivity index (χ0) is 23.9. The largest absolute Gasteiger partial charge is 0.383 e. The number of imide groups is 1. The van der Waals surface area contributed by atoms with Crippen molar-refractivity contribution in [1.29, 1.82) is 0 Å². The fourth-order valence-corrected chi connectivity index (χ4v) is 5.06. The molecule has 1 saturated carbocycles. The van der Waals surface area contributed by atoms with E-state index in [4.69, 9.17) is 5.73 Å². The second-order valence-corrected chi connectivity index (χ2v) is 9.66. The third-order valence-corrected chi connectivity index (χ3v) is 7.17. The first-order valence-corrected chi connectivity index (χ1v) is 11.7. The molecule has 3 N–H and O–H groups in total. The predicted octanol–water partition coefficient (Wildman–Crippen LogP) is 2.00. The highest BCUT2D eigenvalue weighted by molar-refractivity contribution is 6.06. The Hall–Kier alpha value is -3.17. The molecule has 3 amide bonds. The highest BCUT2D eigenvalue weighted by Crippen LogP contribution is 2.34. The van der Waals surface area contributed by atoms with E-state index < -0.39 is 5.54 Å². The van der Waals surface area contributed by atoms with Gasteiger partial charge in [-0.2, -0.15) is 0 Å². The van der Waals surface area contributed by atoms with Crippen LogP contribution in [-0.2, 0) is 11.3 Å². The number of nitrogens with zero attached hydrogens (tertiary/aromatic N) is 4. The van der Waals surface area contributed by atoms with Crippen molar-refractivity contribution in [2.45, 2.75) is 77.4 Å². The van der Waals surface area contributed by atoms with Crippen LogP contribution in [0.1, 0.15) is 65.3 Å². The second kappa shape index (κ2) is 8.64. The predicted molar refractivity (Wildman–Crippen MR) is 125 cm³/mol. The molecule has 178 valence electrons. The number of rotatable bonds is 6. The first-order chi connectivity index (χ1) is 15.7. The van der Waals surface area contributed by atoms with Gasteiger partial charge in [0.25, 0.3) is 11.5 Å². The van der Waals surface area contributed by atoms with E-state index in [0.29, 0.717) is 36.8 Å². The number of nitrogen functional groups attached to an aromatic ring is 1. The molecule has 2 fully saturated rings. The van der Waals surface area contributed by atoms with Crippen molar-refractivity contribution >= 4 is 28.7 Å². The highest BCUT2D eigenvalue weighted by atomic mass is 16.2. The first-order valence-electron chi connectivity index (χ1n) is 11.7. The van der Waals surface area contributed by atoms with Gasteiger partial charge in [-0.25, -0.2) is 14.6 Å². The summed E-state index contributed by atoms with van der Waals surface area (Å²) in [6.07, 6.45) is 6.04. The summed E-state index contributed by atoms with van der Waals surface area (Å²) >= 11 is 0. The van der Waals surface area contributed by atoms with Crippen LogP contribution in [0.15, 0.2) is 21.9 Å². The fourth-order valence-electron chi connectivity index (χ4n) is 5.06. The smallest absolute Gasteiger partial charge is 0.331 e. The molecule has 1 aliphatic heterocycles. The van der Waals surface area contributed by atoms with Crippen LogP contribution in [0.3, 0.4) is 0 Å². The lowest BCUT2D eigenvalue weighted by atomic mass is 9.85. The topological polar surface area (TPSA) is 132 Å². The van der Waals surface area contributed by atoms with Gasteiger partial charge in [0.05, 0.1) is 5.52 Å². The van der Waals surface area contributed by atoms with Crippen LogP contribution in [0.25, 0.3) is 10.9 Å². The number of pyridine rings is 1. The molecule has 2 aromatic heterocycles. The van der Waals surface area contributed by atoms with Crippen LogP contribution in [0.5, 0.6) is 0 Å². The van der Waals surface area contributed by atoms with Crippen LogP contribution in [0.2, 0.25) is 0 Å². The Balaban J connectivity index is 1.60. The van der Waals surface area contributed by atoms with Crippen molar-refractivity contribution in [2.24, 2.45) is 5.92 Å². The Morgan fingerprint density at radius 1 is 1.15 bits per heavy atom. The summed E-state index contributed by atoms with van der Waals surface area (Å²) in [5.74, 6) is 0.0437. The maximum absolute atomic E-state index is 13.4. The lowest BCUT2D eigenvalue weighted by molar-refractivity contribution is -0.125. The number of unbranched alkanes of at least 4 members (excludes halogenated alkanes) is 1. The summed E-state index contributed by atoms with van der Waals surface area (Å²) in [6, 6.07) is 1.08. The van der Waals surface area contributed by atoms with Crippen molar-refractivity contribution in [3.63, 3.8) is 0 Å². The Labute approximate surface area is 191 Å². The Bertz CT molecular complexity index is 1210. The third kappa shape index (κ3) is 3.91. The van der Waals surface area contributed by atoms with Gasteiger partial charge in [0.1, 0.15) is 16.7 Å². The standard InChI is InChI=1S/C23H32N6O4/c1-4-5-12-27-16-10-11-25-18(24)17(16)19(30)29(22(27)33)15-8-6-14(7-9-15)13-28-21(32)26-20(31)23(28,2)3/h10-11,14-15H,4-9,12-13H2,1-3H3,(H2,24,25)(H,26,31,32). The van der Waals surface area contributed by atoms with E-state index in [1.807, 2.05) is 0 Å². The van der Waals surface area contributed by atoms with Gasteiger partial charge in [-0.15, -0.1) is 0 Å². The summed E-state index contributed by atoms with van der Waals surface area (Å²) in [4.78, 5) is 56.7. The van der Waals surface area contributed by atoms with Crippen LogP contribution >= 0.6 is 0 Å². The molecule has 0 atom stereocenters. The number of aryl methyl sites for hydroxylation is 1. The average Bonchev–Trinajstić information content (AvgIpc) is 2.96. The quantitative estimate of drug-likeness (QED) is 0.639. The van der Waals surface area contributed by atoms with E-state index in [-0.39, 0.29) is 41.0 Å². The maximum Gasteiger partial charge on any atom is 0.331 e. The number of carbonyl (C=O) groups excluding carboxylic acids is 2. The Morgan fingerprint density at radius 2 is 1.85 bits per heavy atom. The maximum atomic E-state index is 13.4. The first kappa shape index (κ1) is 23.0. The van der Waals surface area contributed by atoms with Crippen molar-refractivity contribution in [3.05, 3.63) is 33.1 Å². The summed E-state index contributed by atoms with van der Waals surface area (Å²) in [5.41, 5.74) is 5.02. The molecule has 0 aromatic carbocycles. The van der Waals surface area contributed by atoms with E-state index >= 15 is 0 Å². The van der Waals surface area contributed by atoms with Crippen molar-refractivity contribution in [2.75, 3.05) is 12.3 Å². The molecule has 0 bridgehead atoms. The monoisotopic (exact) mass is 456 g/mol. The van der Waals surface area contributed by atoms with Gasteiger partial charge in [0, 0.05) is 25.3 Å². The van der Waals surface area contributed by atoms with Gasteiger partial charge in [-0.3, -0.25) is 24.0 Å². The van der Waals surface area contributed by atoms with E-state index in [1.165, 1.54) is 10.8 Å². The van der Waals surface area contributed by atoms with Gasteiger partial charge in [0.2, 0.25) is 0 Å². The zero-order valence-electron chi connectivity index (χ0n) is 19.5. The molecule has 33 heavy (non-hydrogen) atoms. The molecule has 1 saturated heterocycles. The number of hydrogen-bond donors (Lipinski definition) is 2. The van der Waals surface area contributed by atoms with Gasteiger partial charge < -0.3 is 10.6 Å². The minimum Gasteiger partial charge on any atom is -0.383 e. The Kier molecular flexibility index (Phi) is 6.02. The molecule has 0 unspecified atom stereocenters. The number of nitrogens with one attached hydrogen (secondary N) is 1. The molecule has 0 radical (unpaired) electrons. The molecule has 10 heteroatoms. The van der Waals surface area contributed by atoms with E-state index in [9.17, 15) is 19.2 Å². The lowest BCUT2D eigenvalue weighted by Gasteiger charge is -2.35. The molecule has 2 aliphatic rings. The lowest BCUT2D eigenvalue weighted by Crippen LogP contribution is -2.47. The number of nitrogens with two attached hydrogens (primary N) is 1. The van der Waals surface area contributed by atoms with Gasteiger partial charge in [0.15, 0.2) is 0 Å². The van der Waals surface area contributed by atoms with E-state index in [0.717, 1.165) is 25.7 Å². The fraction of sp³-hybridized carbons (Fsp3) is 0.609. The number of fused-ring (bicyclic) bond motifs is 1. The SMILES string of the molecule is CCCCn1c(=O)n(C2CCC(CN3C(=O)NC(=O)C3(C)C)CC2)c(=O)c2c(N)nccc21. The van der Waals surface area contributed by atoms with Gasteiger partial charge >= 0.3 is 11.7 Å². The molecular formula is C23H32N6O4. The molecule has 0 spiro atoms. The molecule has 10 nitrogen and oxygen atoms in total. The number of anilines is 1.